The lowest BCUT2D eigenvalue weighted by Crippen LogP contribution is -2.63. The molecule has 3 aliphatic heterocycles. The highest BCUT2D eigenvalue weighted by molar-refractivity contribution is 6.03. The van der Waals surface area contributed by atoms with E-state index in [9.17, 15) is 40.2 Å². The molecule has 2 fully saturated rings. The number of ketones is 1. The van der Waals surface area contributed by atoms with Crippen molar-refractivity contribution >= 4 is 17.8 Å². The van der Waals surface area contributed by atoms with Gasteiger partial charge in [-0.3, -0.25) is 4.79 Å². The minimum Gasteiger partial charge on any atom is -0.472 e. The van der Waals surface area contributed by atoms with Crippen LogP contribution in [0.15, 0.2) is 60.4 Å². The first-order valence-electron chi connectivity index (χ1n) is 14.1. The molecule has 4 aliphatic rings. The Morgan fingerprint density at radius 1 is 0.955 bits per heavy atom. The van der Waals surface area contributed by atoms with E-state index < -0.39 is 97.6 Å². The molecule has 240 valence electrons. The van der Waals surface area contributed by atoms with Crippen molar-refractivity contribution in [3.05, 3.63) is 66.0 Å². The number of carbonyl (C=O) groups excluding carboxylic acids is 2. The van der Waals surface area contributed by atoms with Crippen LogP contribution in [0.25, 0.3) is 6.08 Å². The predicted octanol–water partition coefficient (Wildman–Crippen LogP) is -1.33. The smallest absolute Gasteiger partial charge is 0.331 e. The second-order valence-electron chi connectivity index (χ2n) is 11.1. The van der Waals surface area contributed by atoms with Crippen LogP contribution in [0.3, 0.4) is 0 Å². The SMILES string of the molecule is CC1=CC(=O)[C@]2(O[C@@H]3O[C@@H](C)[C@H](O)[C@@H](O)[C@H]3OC(=O)/C=C/c3ccccc3)C=CO[C@@H](O[C@@H]3O[C@H](CO)[C@@H](O)[C@H](O)[C@H]3O)[C@H]12. The maximum atomic E-state index is 13.5. The van der Waals surface area contributed by atoms with Gasteiger partial charge in [-0.05, 0) is 37.6 Å². The van der Waals surface area contributed by atoms with Gasteiger partial charge in [-0.15, -0.1) is 0 Å². The lowest BCUT2D eigenvalue weighted by molar-refractivity contribution is -0.353. The zero-order chi connectivity index (χ0) is 31.8. The average molecular weight is 621 g/mol. The largest absolute Gasteiger partial charge is 0.472 e. The van der Waals surface area contributed by atoms with Gasteiger partial charge >= 0.3 is 5.97 Å². The summed E-state index contributed by atoms with van der Waals surface area (Å²) < 4.78 is 34.5. The summed E-state index contributed by atoms with van der Waals surface area (Å²) in [4.78, 5) is 26.3. The van der Waals surface area contributed by atoms with Crippen LogP contribution in [0.1, 0.15) is 19.4 Å². The van der Waals surface area contributed by atoms with Crippen molar-refractivity contribution in [3.63, 3.8) is 0 Å². The van der Waals surface area contributed by atoms with Crippen LogP contribution in [0.4, 0.5) is 0 Å². The Labute approximate surface area is 252 Å². The molecule has 5 rings (SSSR count). The second-order valence-corrected chi connectivity index (χ2v) is 11.1. The number of hydrogen-bond acceptors (Lipinski definition) is 14. The summed E-state index contributed by atoms with van der Waals surface area (Å²) in [6.07, 6.45) is -10.2. The van der Waals surface area contributed by atoms with Gasteiger partial charge in [-0.2, -0.15) is 0 Å². The van der Waals surface area contributed by atoms with E-state index in [2.05, 4.69) is 0 Å². The van der Waals surface area contributed by atoms with Crippen molar-refractivity contribution in [1.29, 1.82) is 0 Å². The third-order valence-electron chi connectivity index (χ3n) is 8.17. The Kier molecular flexibility index (Phi) is 9.67. The van der Waals surface area contributed by atoms with Gasteiger partial charge in [0.1, 0.15) is 36.6 Å². The molecule has 0 spiro atoms. The van der Waals surface area contributed by atoms with E-state index in [1.165, 1.54) is 25.2 Å². The van der Waals surface area contributed by atoms with Crippen LogP contribution in [0, 0.1) is 5.92 Å². The van der Waals surface area contributed by atoms with Crippen LogP contribution in [0.5, 0.6) is 0 Å². The topological polar surface area (TPSA) is 211 Å². The van der Waals surface area contributed by atoms with E-state index in [0.717, 1.165) is 12.3 Å². The van der Waals surface area contributed by atoms with Crippen molar-refractivity contribution < 1.29 is 68.6 Å². The molecular formula is C30H36O14. The first-order chi connectivity index (χ1) is 21.0. The molecule has 3 heterocycles. The quantitative estimate of drug-likeness (QED) is 0.147. The summed E-state index contributed by atoms with van der Waals surface area (Å²) in [6.45, 7) is 2.39. The lowest BCUT2D eigenvalue weighted by atomic mass is 9.83. The first-order valence-corrected chi connectivity index (χ1v) is 14.1. The van der Waals surface area contributed by atoms with E-state index in [0.29, 0.717) is 11.1 Å². The van der Waals surface area contributed by atoms with Crippen molar-refractivity contribution in [2.45, 2.75) is 87.2 Å². The minimum atomic E-state index is -1.88. The predicted molar refractivity (Wildman–Crippen MR) is 147 cm³/mol. The molecule has 0 aromatic heterocycles. The number of aliphatic hydroxyl groups is 6. The number of rotatable bonds is 8. The molecule has 0 saturated carbocycles. The number of benzene rings is 1. The molecule has 44 heavy (non-hydrogen) atoms. The van der Waals surface area contributed by atoms with Crippen molar-refractivity contribution in [3.8, 4) is 0 Å². The molecule has 6 N–H and O–H groups in total. The van der Waals surface area contributed by atoms with Gasteiger partial charge in [0.05, 0.1) is 24.9 Å². The van der Waals surface area contributed by atoms with Gasteiger partial charge in [0.15, 0.2) is 30.1 Å². The number of fused-ring (bicyclic) bond motifs is 1. The fraction of sp³-hybridized carbons (Fsp3) is 0.533. The van der Waals surface area contributed by atoms with Crippen molar-refractivity contribution in [1.82, 2.24) is 0 Å². The van der Waals surface area contributed by atoms with Gasteiger partial charge in [0.25, 0.3) is 0 Å². The summed E-state index contributed by atoms with van der Waals surface area (Å²) in [5, 5.41) is 61.8. The van der Waals surface area contributed by atoms with E-state index in [1.54, 1.807) is 31.2 Å². The van der Waals surface area contributed by atoms with Gasteiger partial charge < -0.3 is 59.1 Å². The normalized spacial score (nSPS) is 42.1. The van der Waals surface area contributed by atoms with Gasteiger partial charge in [0, 0.05) is 6.08 Å². The number of esters is 1. The van der Waals surface area contributed by atoms with Crippen LogP contribution < -0.4 is 0 Å². The third-order valence-corrected chi connectivity index (χ3v) is 8.17. The van der Waals surface area contributed by atoms with Crippen LogP contribution in [-0.4, -0.2) is 122 Å². The highest BCUT2D eigenvalue weighted by Crippen LogP contribution is 2.46. The van der Waals surface area contributed by atoms with Crippen molar-refractivity contribution in [2.24, 2.45) is 5.92 Å². The molecule has 1 aromatic rings. The minimum absolute atomic E-state index is 0.428. The Morgan fingerprint density at radius 2 is 1.68 bits per heavy atom. The molecule has 0 unspecified atom stereocenters. The molecular weight excluding hydrogens is 584 g/mol. The van der Waals surface area contributed by atoms with Crippen LogP contribution in [0.2, 0.25) is 0 Å². The number of ether oxygens (including phenoxy) is 6. The monoisotopic (exact) mass is 620 g/mol. The zero-order valence-electron chi connectivity index (χ0n) is 23.9. The van der Waals surface area contributed by atoms with Crippen LogP contribution >= 0.6 is 0 Å². The average Bonchev–Trinajstić information content (AvgIpc) is 3.27. The summed E-state index contributed by atoms with van der Waals surface area (Å²) in [5.74, 6) is -2.47. The molecule has 1 aromatic carbocycles. The molecule has 14 heteroatoms. The number of aliphatic hydroxyl groups excluding tert-OH is 6. The number of carbonyl (C=O) groups is 2. The zero-order valence-corrected chi connectivity index (χ0v) is 23.9. The summed E-state index contributed by atoms with van der Waals surface area (Å²) in [7, 11) is 0. The van der Waals surface area contributed by atoms with E-state index in [-0.39, 0.29) is 0 Å². The Balaban J connectivity index is 1.38. The standard InChI is InChI=1S/C30H36O14/c1-14-12-18(32)30(10-11-39-27(20(14)30)43-28-25(38)23(36)22(35)17(13-31)41-28)44-29-26(24(37)21(34)15(2)40-29)42-19(33)9-8-16-6-4-3-5-7-16/h3-12,15,17,20-29,31,34-38H,13H2,1-2H3/b9-8+/t15-,17+,20-,21-,22+,23-,24+,25+,26+,27-,28-,29-,30+/m0/s1. The summed E-state index contributed by atoms with van der Waals surface area (Å²) >= 11 is 0. The second kappa shape index (κ2) is 13.1. The van der Waals surface area contributed by atoms with Gasteiger partial charge in [-0.25, -0.2) is 4.79 Å². The molecule has 0 radical (unpaired) electrons. The highest BCUT2D eigenvalue weighted by Gasteiger charge is 2.60. The van der Waals surface area contributed by atoms with E-state index in [4.69, 9.17) is 28.4 Å². The maximum Gasteiger partial charge on any atom is 0.331 e. The molecule has 14 nitrogen and oxygen atoms in total. The summed E-state index contributed by atoms with van der Waals surface area (Å²) in [6, 6.07) is 8.91. The van der Waals surface area contributed by atoms with E-state index in [1.807, 2.05) is 6.07 Å². The third kappa shape index (κ3) is 6.10. The van der Waals surface area contributed by atoms with Crippen LogP contribution in [-0.2, 0) is 38.0 Å². The molecule has 13 atom stereocenters. The molecule has 0 bridgehead atoms. The Hall–Kier alpha value is -3.02. The molecule has 1 aliphatic carbocycles. The molecule has 2 saturated heterocycles. The highest BCUT2D eigenvalue weighted by atomic mass is 16.8. The fourth-order valence-electron chi connectivity index (χ4n) is 5.71. The van der Waals surface area contributed by atoms with Crippen molar-refractivity contribution in [2.75, 3.05) is 6.61 Å². The fourth-order valence-corrected chi connectivity index (χ4v) is 5.71. The van der Waals surface area contributed by atoms with Gasteiger partial charge in [0.2, 0.25) is 6.29 Å². The number of hydrogen-bond donors (Lipinski definition) is 6. The maximum absolute atomic E-state index is 13.5. The molecule has 0 amide bonds. The summed E-state index contributed by atoms with van der Waals surface area (Å²) in [5.41, 5.74) is -0.736. The lowest BCUT2D eigenvalue weighted by Gasteiger charge is -2.47. The Bertz CT molecular complexity index is 1280. The first kappa shape index (κ1) is 32.4. The van der Waals surface area contributed by atoms with Gasteiger partial charge in [-0.1, -0.05) is 35.9 Å². The van der Waals surface area contributed by atoms with E-state index >= 15 is 0 Å². The Morgan fingerprint density at radius 3 is 2.39 bits per heavy atom.